The number of hydrogen-bond acceptors (Lipinski definition) is 2. The van der Waals surface area contributed by atoms with E-state index in [2.05, 4.69) is 24.3 Å². The second-order valence-electron chi connectivity index (χ2n) is 7.91. The van der Waals surface area contributed by atoms with Crippen molar-refractivity contribution in [2.24, 2.45) is 0 Å². The van der Waals surface area contributed by atoms with Crippen molar-refractivity contribution in [1.82, 2.24) is 0 Å². The number of rotatable bonds is 2. The predicted molar refractivity (Wildman–Crippen MR) is 115 cm³/mol. The third-order valence-corrected chi connectivity index (χ3v) is 5.90. The molecule has 3 aromatic carbocycles. The Kier molecular flexibility index (Phi) is 5.66. The van der Waals surface area contributed by atoms with Crippen LogP contribution in [0.3, 0.4) is 0 Å². The highest BCUT2D eigenvalue weighted by Gasteiger charge is 2.14. The van der Waals surface area contributed by atoms with Crippen LogP contribution in [0.2, 0.25) is 0 Å². The van der Waals surface area contributed by atoms with Crippen molar-refractivity contribution in [2.75, 3.05) is 0 Å². The Hall–Kier alpha value is -3.40. The van der Waals surface area contributed by atoms with E-state index in [9.17, 15) is 19.8 Å². The normalized spacial score (nSPS) is 13.7. The standard InChI is InChI=1S/C26H24O4/c27-25(28)23-15-19-6-5-17-1-3-18(4-2-17)7-11-21-13-9-20(16-24(21)26(29)30)10-14-22(23)12-8-19/h1-4,8-9,12-13,15-16H,5-7,10-11,14H2,(H,27,28)(H,29,30). The molecule has 6 bridgehead atoms. The molecule has 0 saturated carbocycles. The molecule has 0 amide bonds. The van der Waals surface area contributed by atoms with Gasteiger partial charge in [-0.15, -0.1) is 0 Å². The van der Waals surface area contributed by atoms with Gasteiger partial charge >= 0.3 is 11.9 Å². The quantitative estimate of drug-likeness (QED) is 0.651. The minimum atomic E-state index is -0.924. The molecule has 4 nitrogen and oxygen atoms in total. The molecule has 6 aliphatic rings. The van der Waals surface area contributed by atoms with E-state index in [0.717, 1.165) is 41.5 Å². The molecule has 0 spiro atoms. The van der Waals surface area contributed by atoms with Crippen LogP contribution in [0.4, 0.5) is 0 Å². The molecule has 4 heteroatoms. The van der Waals surface area contributed by atoms with E-state index >= 15 is 0 Å². The average molecular weight is 400 g/mol. The highest BCUT2D eigenvalue weighted by atomic mass is 16.4. The zero-order chi connectivity index (χ0) is 21.1. The van der Waals surface area contributed by atoms with Gasteiger partial charge in [0.2, 0.25) is 0 Å². The molecule has 2 N–H and O–H groups in total. The van der Waals surface area contributed by atoms with Crippen LogP contribution in [-0.2, 0) is 38.5 Å². The highest BCUT2D eigenvalue weighted by Crippen LogP contribution is 2.21. The number of benzene rings is 3. The summed E-state index contributed by atoms with van der Waals surface area (Å²) in [6.45, 7) is 0. The number of hydrogen-bond donors (Lipinski definition) is 2. The molecule has 0 saturated heterocycles. The van der Waals surface area contributed by atoms with Gasteiger partial charge in [-0.2, -0.15) is 0 Å². The van der Waals surface area contributed by atoms with E-state index < -0.39 is 11.9 Å². The Morgan fingerprint density at radius 3 is 1.27 bits per heavy atom. The lowest BCUT2D eigenvalue weighted by molar-refractivity contribution is 0.0685. The molecular formula is C26H24O4. The summed E-state index contributed by atoms with van der Waals surface area (Å²) >= 11 is 0. The molecule has 9 rings (SSSR count). The molecule has 3 aromatic rings. The summed E-state index contributed by atoms with van der Waals surface area (Å²) in [5.74, 6) is -1.85. The second-order valence-corrected chi connectivity index (χ2v) is 7.91. The third kappa shape index (κ3) is 4.43. The lowest BCUT2D eigenvalue weighted by Gasteiger charge is -2.13. The third-order valence-electron chi connectivity index (χ3n) is 5.90. The van der Waals surface area contributed by atoms with Crippen molar-refractivity contribution in [3.63, 3.8) is 0 Å². The number of aryl methyl sites for hydroxylation is 6. The van der Waals surface area contributed by atoms with E-state index in [0.29, 0.717) is 30.4 Å². The van der Waals surface area contributed by atoms with Gasteiger partial charge in [0.1, 0.15) is 0 Å². The van der Waals surface area contributed by atoms with Gasteiger partial charge in [-0.25, -0.2) is 9.59 Å². The van der Waals surface area contributed by atoms with Gasteiger partial charge in [-0.05, 0) is 84.0 Å². The van der Waals surface area contributed by atoms with Crippen LogP contribution in [0, 0.1) is 0 Å². The monoisotopic (exact) mass is 400 g/mol. The fourth-order valence-corrected chi connectivity index (χ4v) is 4.11. The second kappa shape index (κ2) is 8.54. The van der Waals surface area contributed by atoms with Crippen LogP contribution in [0.5, 0.6) is 0 Å². The van der Waals surface area contributed by atoms with Gasteiger partial charge in [0.15, 0.2) is 0 Å². The maximum atomic E-state index is 11.8. The maximum Gasteiger partial charge on any atom is 0.335 e. The van der Waals surface area contributed by atoms with E-state index in [1.54, 1.807) is 12.1 Å². The Bertz CT molecular complexity index is 1080. The highest BCUT2D eigenvalue weighted by molar-refractivity contribution is 5.90. The maximum absolute atomic E-state index is 11.8. The van der Waals surface area contributed by atoms with Crippen molar-refractivity contribution in [2.45, 2.75) is 38.5 Å². The Labute approximate surface area is 175 Å². The predicted octanol–water partition coefficient (Wildman–Crippen LogP) is 4.75. The summed E-state index contributed by atoms with van der Waals surface area (Å²) in [5.41, 5.74) is 6.57. The molecule has 0 heterocycles. The summed E-state index contributed by atoms with van der Waals surface area (Å²) in [6, 6.07) is 19.7. The minimum Gasteiger partial charge on any atom is -0.478 e. The van der Waals surface area contributed by atoms with Gasteiger partial charge in [0.05, 0.1) is 11.1 Å². The molecule has 0 aliphatic heterocycles. The smallest absolute Gasteiger partial charge is 0.335 e. The molecule has 6 aliphatic carbocycles. The van der Waals surface area contributed by atoms with Gasteiger partial charge in [0.25, 0.3) is 0 Å². The largest absolute Gasteiger partial charge is 0.478 e. The van der Waals surface area contributed by atoms with Crippen molar-refractivity contribution in [1.29, 1.82) is 0 Å². The van der Waals surface area contributed by atoms with E-state index in [-0.39, 0.29) is 0 Å². The molecule has 0 atom stereocenters. The Balaban J connectivity index is 1.75. The molecule has 0 unspecified atom stereocenters. The van der Waals surface area contributed by atoms with Gasteiger partial charge in [-0.1, -0.05) is 48.5 Å². The summed E-state index contributed by atoms with van der Waals surface area (Å²) in [7, 11) is 0. The summed E-state index contributed by atoms with van der Waals surface area (Å²) in [5, 5.41) is 19.4. The Morgan fingerprint density at radius 2 is 0.833 bits per heavy atom. The fraction of sp³-hybridized carbons (Fsp3) is 0.231. The molecule has 30 heavy (non-hydrogen) atoms. The fourth-order valence-electron chi connectivity index (χ4n) is 4.11. The first-order chi connectivity index (χ1) is 14.5. The van der Waals surface area contributed by atoms with Crippen LogP contribution >= 0.6 is 0 Å². The molecule has 0 fully saturated rings. The molecule has 0 radical (unpaired) electrons. The molecule has 152 valence electrons. The van der Waals surface area contributed by atoms with Gasteiger partial charge in [0, 0.05) is 0 Å². The first-order valence-electron chi connectivity index (χ1n) is 10.3. The summed E-state index contributed by atoms with van der Waals surface area (Å²) < 4.78 is 0. The van der Waals surface area contributed by atoms with Crippen molar-refractivity contribution < 1.29 is 19.8 Å². The van der Waals surface area contributed by atoms with Crippen LogP contribution in [0.15, 0.2) is 60.7 Å². The SMILES string of the molecule is O=C(O)c1cc2ccc1CCc1ccc(c(C(=O)O)c1)CCc1ccc(cc1)CC2. The van der Waals surface area contributed by atoms with Crippen LogP contribution in [-0.4, -0.2) is 22.2 Å². The lowest BCUT2D eigenvalue weighted by atomic mass is 9.92. The van der Waals surface area contributed by atoms with Crippen molar-refractivity contribution in [3.05, 3.63) is 105 Å². The van der Waals surface area contributed by atoms with Crippen molar-refractivity contribution in [3.8, 4) is 0 Å². The lowest BCUT2D eigenvalue weighted by Crippen LogP contribution is -2.08. The first-order valence-corrected chi connectivity index (χ1v) is 10.3. The topological polar surface area (TPSA) is 74.6 Å². The number of aromatic carboxylic acids is 2. The van der Waals surface area contributed by atoms with Crippen LogP contribution < -0.4 is 0 Å². The van der Waals surface area contributed by atoms with Crippen molar-refractivity contribution >= 4 is 11.9 Å². The zero-order valence-corrected chi connectivity index (χ0v) is 16.7. The summed E-state index contributed by atoms with van der Waals surface area (Å²) in [4.78, 5) is 23.6. The van der Waals surface area contributed by atoms with Crippen LogP contribution in [0.25, 0.3) is 0 Å². The summed E-state index contributed by atoms with van der Waals surface area (Å²) in [6.07, 6.45) is 4.27. The van der Waals surface area contributed by atoms with Gasteiger partial charge < -0.3 is 10.2 Å². The Morgan fingerprint density at radius 1 is 0.500 bits per heavy atom. The first kappa shape index (κ1) is 19.9. The number of carbonyl (C=O) groups is 2. The average Bonchev–Trinajstić information content (AvgIpc) is 2.75. The van der Waals surface area contributed by atoms with Gasteiger partial charge in [-0.3, -0.25) is 0 Å². The molecular weight excluding hydrogens is 376 g/mol. The minimum absolute atomic E-state index is 0.332. The molecule has 0 aromatic heterocycles. The van der Waals surface area contributed by atoms with E-state index in [1.165, 1.54) is 11.1 Å². The number of carboxylic acids is 2. The number of carboxylic acid groups (broad SMARTS) is 2. The van der Waals surface area contributed by atoms with Crippen LogP contribution in [0.1, 0.15) is 54.1 Å². The van der Waals surface area contributed by atoms with E-state index in [4.69, 9.17) is 0 Å². The van der Waals surface area contributed by atoms with E-state index in [1.807, 2.05) is 24.3 Å². The zero-order valence-electron chi connectivity index (χ0n) is 16.7.